The van der Waals surface area contributed by atoms with Crippen LogP contribution in [0.1, 0.15) is 0 Å². The smallest absolute Gasteiger partial charge is 0.135 e. The highest BCUT2D eigenvalue weighted by Crippen LogP contribution is 2.44. The molecule has 11 rings (SSSR count). The molecule has 0 N–H and O–H groups in total. The molecule has 2 nitrogen and oxygen atoms in total. The second-order valence-electron chi connectivity index (χ2n) is 15.7. The third-order valence-electron chi connectivity index (χ3n) is 11.9. The molecule has 62 heavy (non-hydrogen) atoms. The first-order valence-electron chi connectivity index (χ1n) is 21.2. The number of hydrogen-bond acceptors (Lipinski definition) is 2. The summed E-state index contributed by atoms with van der Waals surface area (Å²) in [7, 11) is 0. The Labute approximate surface area is 362 Å². The van der Waals surface area contributed by atoms with Gasteiger partial charge in [-0.05, 0) is 110 Å². The summed E-state index contributed by atoms with van der Waals surface area (Å²) in [4.78, 5) is 2.39. The number of anilines is 3. The first-order chi connectivity index (χ1) is 30.7. The van der Waals surface area contributed by atoms with Crippen LogP contribution in [-0.2, 0) is 0 Å². The third kappa shape index (κ3) is 7.04. The summed E-state index contributed by atoms with van der Waals surface area (Å²) in [6.07, 6.45) is 0. The lowest BCUT2D eigenvalue weighted by atomic mass is 9.94. The van der Waals surface area contributed by atoms with E-state index < -0.39 is 0 Å². The maximum absolute atomic E-state index is 6.30. The van der Waals surface area contributed by atoms with Gasteiger partial charge in [0.25, 0.3) is 0 Å². The Morgan fingerprint density at radius 3 is 1.39 bits per heavy atom. The second kappa shape index (κ2) is 16.1. The predicted molar refractivity (Wildman–Crippen MR) is 261 cm³/mol. The number of fused-ring (bicyclic) bond motifs is 2. The van der Waals surface area contributed by atoms with Crippen LogP contribution in [-0.4, -0.2) is 0 Å². The van der Waals surface area contributed by atoms with Gasteiger partial charge in [0.2, 0.25) is 0 Å². The van der Waals surface area contributed by atoms with E-state index in [1.807, 2.05) is 18.2 Å². The van der Waals surface area contributed by atoms with Gasteiger partial charge in [0.05, 0.1) is 5.69 Å². The molecular formula is C60H41NO. The minimum atomic E-state index is 0.866. The fraction of sp³-hybridized carbons (Fsp3) is 0. The molecule has 0 saturated heterocycles. The van der Waals surface area contributed by atoms with Gasteiger partial charge in [-0.2, -0.15) is 0 Å². The van der Waals surface area contributed by atoms with Crippen LogP contribution in [0, 0.1) is 0 Å². The topological polar surface area (TPSA) is 16.4 Å². The van der Waals surface area contributed by atoms with Gasteiger partial charge in [0.1, 0.15) is 11.3 Å². The number of hydrogen-bond donors (Lipinski definition) is 0. The summed E-state index contributed by atoms with van der Waals surface area (Å²) < 4.78 is 6.30. The molecule has 0 amide bonds. The van der Waals surface area contributed by atoms with E-state index in [1.165, 1.54) is 60.8 Å². The van der Waals surface area contributed by atoms with E-state index >= 15 is 0 Å². The second-order valence-corrected chi connectivity index (χ2v) is 15.7. The predicted octanol–water partition coefficient (Wildman–Crippen LogP) is 17.1. The maximum Gasteiger partial charge on any atom is 0.135 e. The highest BCUT2D eigenvalue weighted by Gasteiger charge is 2.19. The third-order valence-corrected chi connectivity index (χ3v) is 11.9. The van der Waals surface area contributed by atoms with Crippen LogP contribution in [0.25, 0.3) is 88.7 Å². The number of nitrogens with zero attached hydrogens (tertiary/aromatic N) is 1. The molecule has 0 aliphatic rings. The minimum absolute atomic E-state index is 0.866. The minimum Gasteiger partial charge on any atom is -0.456 e. The monoisotopic (exact) mass is 791 g/mol. The van der Waals surface area contributed by atoms with Crippen molar-refractivity contribution in [2.24, 2.45) is 0 Å². The van der Waals surface area contributed by atoms with Crippen molar-refractivity contribution in [3.05, 3.63) is 249 Å². The molecule has 11 aromatic rings. The molecule has 1 aromatic heterocycles. The van der Waals surface area contributed by atoms with E-state index in [9.17, 15) is 0 Å². The van der Waals surface area contributed by atoms with E-state index in [4.69, 9.17) is 4.42 Å². The molecule has 0 unspecified atom stereocenters. The Kier molecular flexibility index (Phi) is 9.57. The van der Waals surface area contributed by atoms with Crippen LogP contribution in [0.15, 0.2) is 253 Å². The lowest BCUT2D eigenvalue weighted by Gasteiger charge is -2.28. The molecule has 0 spiro atoms. The first-order valence-corrected chi connectivity index (χ1v) is 21.2. The van der Waals surface area contributed by atoms with Gasteiger partial charge in [-0.1, -0.05) is 200 Å². The zero-order valence-corrected chi connectivity index (χ0v) is 34.0. The van der Waals surface area contributed by atoms with Crippen molar-refractivity contribution in [1.29, 1.82) is 0 Å². The lowest BCUT2D eigenvalue weighted by Crippen LogP contribution is -2.10. The lowest BCUT2D eigenvalue weighted by molar-refractivity contribution is 0.631. The molecular weight excluding hydrogens is 751 g/mol. The number of benzene rings is 10. The average Bonchev–Trinajstić information content (AvgIpc) is 3.80. The van der Waals surface area contributed by atoms with Crippen molar-refractivity contribution in [3.63, 3.8) is 0 Å². The maximum atomic E-state index is 6.30. The average molecular weight is 792 g/mol. The molecule has 0 fully saturated rings. The van der Waals surface area contributed by atoms with E-state index in [2.05, 4.69) is 235 Å². The first kappa shape index (κ1) is 36.8. The zero-order chi connectivity index (χ0) is 41.2. The van der Waals surface area contributed by atoms with Crippen LogP contribution in [0.4, 0.5) is 17.1 Å². The van der Waals surface area contributed by atoms with E-state index in [0.29, 0.717) is 0 Å². The van der Waals surface area contributed by atoms with Crippen LogP contribution in [0.3, 0.4) is 0 Å². The van der Waals surface area contributed by atoms with Crippen molar-refractivity contribution in [2.45, 2.75) is 0 Å². The zero-order valence-electron chi connectivity index (χ0n) is 34.0. The van der Waals surface area contributed by atoms with Crippen molar-refractivity contribution in [2.75, 3.05) is 4.90 Å². The van der Waals surface area contributed by atoms with Crippen molar-refractivity contribution in [1.82, 2.24) is 0 Å². The highest BCUT2D eigenvalue weighted by molar-refractivity contribution is 6.06. The van der Waals surface area contributed by atoms with Gasteiger partial charge in [-0.25, -0.2) is 0 Å². The number of furan rings is 1. The number of para-hydroxylation sites is 1. The summed E-state index contributed by atoms with van der Waals surface area (Å²) in [5.74, 6) is 0.866. The Hall–Kier alpha value is -8.20. The standard InChI is InChI=1S/C60H41NO/c1-3-14-42(15-4-1)43-26-28-44(29-27-43)45-30-34-51(35-31-45)61(52-36-32-47(33-37-52)54-22-9-8-21-53(54)46-16-5-2-6-17-46)58-39-38-55(56-23-10-11-24-57(56)58)48-19-13-20-49(40-48)60-41-50-18-7-12-25-59(50)62-60/h1-41H. The molecule has 0 radical (unpaired) electrons. The quantitative estimate of drug-likeness (QED) is 0.145. The Balaban J connectivity index is 1.00. The Bertz CT molecular complexity index is 3280. The molecule has 292 valence electrons. The van der Waals surface area contributed by atoms with E-state index in [1.54, 1.807) is 0 Å². The van der Waals surface area contributed by atoms with E-state index in [0.717, 1.165) is 44.9 Å². The molecule has 0 saturated carbocycles. The van der Waals surface area contributed by atoms with Gasteiger partial charge in [0, 0.05) is 27.7 Å². The fourth-order valence-corrected chi connectivity index (χ4v) is 8.80. The normalized spacial score (nSPS) is 11.2. The molecule has 1 heterocycles. The van der Waals surface area contributed by atoms with Gasteiger partial charge >= 0.3 is 0 Å². The molecule has 0 aliphatic carbocycles. The van der Waals surface area contributed by atoms with Crippen LogP contribution in [0.2, 0.25) is 0 Å². The van der Waals surface area contributed by atoms with Gasteiger partial charge in [-0.3, -0.25) is 0 Å². The van der Waals surface area contributed by atoms with Crippen molar-refractivity contribution in [3.8, 4) is 67.0 Å². The van der Waals surface area contributed by atoms with E-state index in [-0.39, 0.29) is 0 Å². The summed E-state index contributed by atoms with van der Waals surface area (Å²) in [5, 5.41) is 3.45. The summed E-state index contributed by atoms with van der Waals surface area (Å²) in [6.45, 7) is 0. The largest absolute Gasteiger partial charge is 0.456 e. The van der Waals surface area contributed by atoms with Crippen molar-refractivity contribution >= 4 is 38.8 Å². The van der Waals surface area contributed by atoms with Gasteiger partial charge < -0.3 is 9.32 Å². The summed E-state index contributed by atoms with van der Waals surface area (Å²) in [6, 6.07) is 89.0. The molecule has 10 aromatic carbocycles. The van der Waals surface area contributed by atoms with Gasteiger partial charge in [-0.15, -0.1) is 0 Å². The van der Waals surface area contributed by atoms with Crippen molar-refractivity contribution < 1.29 is 4.42 Å². The SMILES string of the molecule is c1ccc(-c2ccc(-c3ccc(N(c4ccc(-c5ccccc5-c5ccccc5)cc4)c4ccc(-c5cccc(-c6cc7ccccc7o6)c5)c5ccccc45)cc3)cc2)cc1. The van der Waals surface area contributed by atoms with Crippen LogP contribution < -0.4 is 4.90 Å². The van der Waals surface area contributed by atoms with Crippen LogP contribution >= 0.6 is 0 Å². The summed E-state index contributed by atoms with van der Waals surface area (Å²) in [5.41, 5.74) is 17.1. The Morgan fingerprint density at radius 2 is 0.742 bits per heavy atom. The molecule has 0 bridgehead atoms. The molecule has 2 heteroatoms. The fourth-order valence-electron chi connectivity index (χ4n) is 8.80. The highest BCUT2D eigenvalue weighted by atomic mass is 16.3. The number of rotatable bonds is 9. The van der Waals surface area contributed by atoms with Crippen LogP contribution in [0.5, 0.6) is 0 Å². The van der Waals surface area contributed by atoms with Gasteiger partial charge in [0.15, 0.2) is 0 Å². The molecule has 0 aliphatic heterocycles. The molecule has 0 atom stereocenters. The Morgan fingerprint density at radius 1 is 0.274 bits per heavy atom. The summed E-state index contributed by atoms with van der Waals surface area (Å²) >= 11 is 0.